The van der Waals surface area contributed by atoms with Gasteiger partial charge in [-0.25, -0.2) is 0 Å². The Balaban J connectivity index is 0.00000484. The summed E-state index contributed by atoms with van der Waals surface area (Å²) in [4.78, 5) is 4.57. The number of aliphatic imine (C=N–C) groups is 1. The molecule has 0 saturated carbocycles. The summed E-state index contributed by atoms with van der Waals surface area (Å²) in [6.45, 7) is 6.24. The lowest BCUT2D eigenvalue weighted by atomic mass is 10.2. The molecule has 5 nitrogen and oxygen atoms in total. The van der Waals surface area contributed by atoms with Crippen LogP contribution in [0.1, 0.15) is 20.3 Å². The van der Waals surface area contributed by atoms with Gasteiger partial charge in [-0.05, 0) is 44.4 Å². The van der Waals surface area contributed by atoms with Crippen LogP contribution in [0.15, 0.2) is 23.2 Å². The molecule has 0 aliphatic rings. The molecule has 0 unspecified atom stereocenters. The minimum Gasteiger partial charge on any atom is -0.493 e. The third-order valence-electron chi connectivity index (χ3n) is 2.85. The molecule has 1 aromatic rings. The molecule has 0 atom stereocenters. The lowest BCUT2D eigenvalue weighted by Crippen LogP contribution is -2.30. The lowest BCUT2D eigenvalue weighted by Gasteiger charge is -2.14. The van der Waals surface area contributed by atoms with E-state index < -0.39 is 0 Å². The highest BCUT2D eigenvalue weighted by atomic mass is 127. The largest absolute Gasteiger partial charge is 0.493 e. The molecule has 0 fully saturated rings. The zero-order valence-electron chi connectivity index (χ0n) is 14.3. The molecule has 0 saturated heterocycles. The van der Waals surface area contributed by atoms with Crippen molar-refractivity contribution in [1.29, 1.82) is 0 Å². The van der Waals surface area contributed by atoms with E-state index in [9.17, 15) is 0 Å². The van der Waals surface area contributed by atoms with Crippen LogP contribution in [-0.4, -0.2) is 44.8 Å². The minimum atomic E-state index is 0. The van der Waals surface area contributed by atoms with Crippen LogP contribution < -0.4 is 20.1 Å². The van der Waals surface area contributed by atoms with Crippen LogP contribution in [0.3, 0.4) is 0 Å². The number of hydrogen-bond acceptors (Lipinski definition) is 4. The van der Waals surface area contributed by atoms with E-state index in [0.717, 1.165) is 48.4 Å². The van der Waals surface area contributed by atoms with Gasteiger partial charge in [0.1, 0.15) is 0 Å². The van der Waals surface area contributed by atoms with E-state index in [4.69, 9.17) is 9.47 Å². The van der Waals surface area contributed by atoms with E-state index >= 15 is 0 Å². The summed E-state index contributed by atoms with van der Waals surface area (Å²) in [5.74, 6) is 3.37. The van der Waals surface area contributed by atoms with Gasteiger partial charge >= 0.3 is 0 Å². The fourth-order valence-corrected chi connectivity index (χ4v) is 2.28. The van der Waals surface area contributed by atoms with Crippen molar-refractivity contribution in [3.8, 4) is 11.5 Å². The van der Waals surface area contributed by atoms with Crippen LogP contribution in [0.5, 0.6) is 11.5 Å². The first-order valence-corrected chi connectivity index (χ1v) is 8.99. The fourth-order valence-electron chi connectivity index (χ4n) is 1.87. The van der Waals surface area contributed by atoms with Crippen LogP contribution >= 0.6 is 35.7 Å². The summed E-state index contributed by atoms with van der Waals surface area (Å²) in [5, 5.41) is 6.55. The Morgan fingerprint density at radius 3 is 2.65 bits per heavy atom. The zero-order valence-corrected chi connectivity index (χ0v) is 17.5. The third-order valence-corrected chi connectivity index (χ3v) is 3.54. The number of halogens is 1. The Kier molecular flexibility index (Phi) is 13.1. The maximum Gasteiger partial charge on any atom is 0.195 e. The van der Waals surface area contributed by atoms with Crippen molar-refractivity contribution in [2.24, 2.45) is 4.99 Å². The van der Waals surface area contributed by atoms with Crippen LogP contribution in [0.25, 0.3) is 0 Å². The van der Waals surface area contributed by atoms with E-state index in [-0.39, 0.29) is 24.0 Å². The Morgan fingerprint density at radius 2 is 2.04 bits per heavy atom. The first-order valence-electron chi connectivity index (χ1n) is 7.60. The first-order chi connectivity index (χ1) is 10.7. The molecule has 2 N–H and O–H groups in total. The van der Waals surface area contributed by atoms with Crippen molar-refractivity contribution >= 4 is 47.4 Å². The molecular weight excluding hydrogens is 425 g/mol. The van der Waals surface area contributed by atoms with E-state index in [1.54, 1.807) is 7.11 Å². The smallest absolute Gasteiger partial charge is 0.195 e. The van der Waals surface area contributed by atoms with Gasteiger partial charge in [0.2, 0.25) is 0 Å². The van der Waals surface area contributed by atoms with E-state index in [0.29, 0.717) is 6.61 Å². The highest BCUT2D eigenvalue weighted by molar-refractivity contribution is 14.0. The van der Waals surface area contributed by atoms with Gasteiger partial charge in [0.15, 0.2) is 17.5 Å². The van der Waals surface area contributed by atoms with Crippen molar-refractivity contribution in [3.63, 3.8) is 0 Å². The number of nitrogens with zero attached hydrogens (tertiary/aromatic N) is 1. The number of nitrogens with one attached hydrogen (secondary N) is 2. The average molecular weight is 453 g/mol. The molecule has 1 rings (SSSR count). The monoisotopic (exact) mass is 453 g/mol. The van der Waals surface area contributed by atoms with Crippen LogP contribution in [0.2, 0.25) is 0 Å². The SMILES string of the molecule is CCNC(=NCCCSC)Nc1ccc(OC)c(OCC)c1.I. The summed E-state index contributed by atoms with van der Waals surface area (Å²) in [6.07, 6.45) is 3.18. The summed E-state index contributed by atoms with van der Waals surface area (Å²) in [6, 6.07) is 5.78. The van der Waals surface area contributed by atoms with Crippen molar-refractivity contribution in [2.75, 3.05) is 44.1 Å². The number of ether oxygens (including phenoxy) is 2. The second-order valence-electron chi connectivity index (χ2n) is 4.53. The maximum absolute atomic E-state index is 5.60. The zero-order chi connectivity index (χ0) is 16.2. The van der Waals surface area contributed by atoms with Gasteiger partial charge in [0.05, 0.1) is 13.7 Å². The molecule has 132 valence electrons. The van der Waals surface area contributed by atoms with Gasteiger partial charge in [0.25, 0.3) is 0 Å². The summed E-state index contributed by atoms with van der Waals surface area (Å²) in [7, 11) is 1.64. The quantitative estimate of drug-likeness (QED) is 0.258. The topological polar surface area (TPSA) is 54.9 Å². The first kappa shape index (κ1) is 22.2. The molecule has 0 spiro atoms. The summed E-state index contributed by atoms with van der Waals surface area (Å²) >= 11 is 1.84. The van der Waals surface area contributed by atoms with E-state index in [1.165, 1.54) is 0 Å². The fraction of sp³-hybridized carbons (Fsp3) is 0.562. The van der Waals surface area contributed by atoms with Gasteiger partial charge in [-0.15, -0.1) is 24.0 Å². The van der Waals surface area contributed by atoms with Crippen LogP contribution in [0.4, 0.5) is 5.69 Å². The summed E-state index contributed by atoms with van der Waals surface area (Å²) < 4.78 is 10.9. The number of rotatable bonds is 9. The van der Waals surface area contributed by atoms with Gasteiger partial charge in [0, 0.05) is 24.8 Å². The molecule has 0 aliphatic heterocycles. The highest BCUT2D eigenvalue weighted by Gasteiger charge is 2.06. The Hall–Kier alpha value is -0.830. The third kappa shape index (κ3) is 8.55. The van der Waals surface area contributed by atoms with Crippen molar-refractivity contribution in [2.45, 2.75) is 20.3 Å². The van der Waals surface area contributed by atoms with Crippen LogP contribution in [-0.2, 0) is 0 Å². The minimum absolute atomic E-state index is 0. The van der Waals surface area contributed by atoms with Gasteiger partial charge in [-0.3, -0.25) is 4.99 Å². The Bertz CT molecular complexity index is 473. The number of anilines is 1. The van der Waals surface area contributed by atoms with E-state index in [1.807, 2.05) is 36.9 Å². The molecule has 23 heavy (non-hydrogen) atoms. The van der Waals surface area contributed by atoms with Crippen molar-refractivity contribution < 1.29 is 9.47 Å². The van der Waals surface area contributed by atoms with E-state index in [2.05, 4.69) is 28.8 Å². The average Bonchev–Trinajstić information content (AvgIpc) is 2.52. The number of hydrogen-bond donors (Lipinski definition) is 2. The normalized spacial score (nSPS) is 10.7. The standard InChI is InChI=1S/C16H27N3O2S.HI/c1-5-17-16(18-10-7-11-22-4)19-13-8-9-14(20-3)15(12-13)21-6-2;/h8-9,12H,5-7,10-11H2,1-4H3,(H2,17,18,19);1H. The highest BCUT2D eigenvalue weighted by Crippen LogP contribution is 2.30. The molecule has 0 bridgehead atoms. The molecular formula is C16H28IN3O2S. The molecule has 0 amide bonds. The van der Waals surface area contributed by atoms with Gasteiger partial charge < -0.3 is 20.1 Å². The molecule has 7 heteroatoms. The second kappa shape index (κ2) is 13.6. The Morgan fingerprint density at radius 1 is 1.26 bits per heavy atom. The maximum atomic E-state index is 5.60. The predicted molar refractivity (Wildman–Crippen MR) is 112 cm³/mol. The molecule has 0 aromatic heterocycles. The predicted octanol–water partition coefficient (Wildman–Crippen LogP) is 3.84. The van der Waals surface area contributed by atoms with Crippen LogP contribution in [0, 0.1) is 0 Å². The van der Waals surface area contributed by atoms with Crippen molar-refractivity contribution in [1.82, 2.24) is 5.32 Å². The lowest BCUT2D eigenvalue weighted by molar-refractivity contribution is 0.311. The number of guanidine groups is 1. The van der Waals surface area contributed by atoms with Gasteiger partial charge in [-0.2, -0.15) is 11.8 Å². The second-order valence-corrected chi connectivity index (χ2v) is 5.52. The molecule has 0 radical (unpaired) electrons. The van der Waals surface area contributed by atoms with Crippen molar-refractivity contribution in [3.05, 3.63) is 18.2 Å². The Labute approximate surface area is 161 Å². The molecule has 0 heterocycles. The number of thioether (sulfide) groups is 1. The molecule has 1 aromatic carbocycles. The number of methoxy groups -OCH3 is 1. The number of benzene rings is 1. The molecule has 0 aliphatic carbocycles. The van der Waals surface area contributed by atoms with Gasteiger partial charge in [-0.1, -0.05) is 0 Å². The summed E-state index contributed by atoms with van der Waals surface area (Å²) in [5.41, 5.74) is 0.925.